The first-order valence-corrected chi connectivity index (χ1v) is 7.98. The van der Waals surface area contributed by atoms with Crippen molar-refractivity contribution in [3.05, 3.63) is 0 Å². The zero-order valence-electron chi connectivity index (χ0n) is 10.8. The Hall–Kier alpha value is -0.170. The number of rotatable bonds is 7. The van der Waals surface area contributed by atoms with Gasteiger partial charge in [0.1, 0.15) is 0 Å². The molecule has 1 rings (SSSR count). The predicted octanol–water partition coefficient (Wildman–Crippen LogP) is 0.115. The molecule has 102 valence electrons. The molecule has 1 aliphatic rings. The van der Waals surface area contributed by atoms with Crippen molar-refractivity contribution in [3.63, 3.8) is 0 Å². The summed E-state index contributed by atoms with van der Waals surface area (Å²) >= 11 is 0. The maximum atomic E-state index is 11.9. The maximum Gasteiger partial charge on any atom is 0.214 e. The monoisotopic (exact) mass is 264 g/mol. The van der Waals surface area contributed by atoms with E-state index in [-0.39, 0.29) is 12.4 Å². The van der Waals surface area contributed by atoms with E-state index >= 15 is 0 Å². The van der Waals surface area contributed by atoms with Gasteiger partial charge in [-0.15, -0.1) is 0 Å². The van der Waals surface area contributed by atoms with Gasteiger partial charge in [-0.3, -0.25) is 4.90 Å². The Bertz CT molecular complexity index is 315. The molecule has 0 aromatic carbocycles. The van der Waals surface area contributed by atoms with Crippen LogP contribution in [0.15, 0.2) is 0 Å². The molecule has 6 heteroatoms. The Morgan fingerprint density at radius 2 is 2.00 bits per heavy atom. The summed E-state index contributed by atoms with van der Waals surface area (Å²) in [6.07, 6.45) is 1.24. The summed E-state index contributed by atoms with van der Waals surface area (Å²) in [7, 11) is -3.16. The molecule has 1 aliphatic heterocycles. The van der Waals surface area contributed by atoms with E-state index in [0.717, 1.165) is 19.5 Å². The SMILES string of the molecule is CCN(CC)C1CCN(S(=O)(=O)CCCO)C1. The Morgan fingerprint density at radius 1 is 1.35 bits per heavy atom. The van der Waals surface area contributed by atoms with Gasteiger partial charge in [-0.1, -0.05) is 13.8 Å². The molecule has 0 amide bonds. The fourth-order valence-corrected chi connectivity index (χ4v) is 3.91. The van der Waals surface area contributed by atoms with Crippen LogP contribution >= 0.6 is 0 Å². The van der Waals surface area contributed by atoms with E-state index in [1.165, 1.54) is 0 Å². The second-order valence-electron chi connectivity index (χ2n) is 4.41. The van der Waals surface area contributed by atoms with Crippen LogP contribution in [-0.2, 0) is 10.0 Å². The highest BCUT2D eigenvalue weighted by Crippen LogP contribution is 2.19. The van der Waals surface area contributed by atoms with Crippen molar-refractivity contribution in [2.75, 3.05) is 38.5 Å². The average Bonchev–Trinajstić information content (AvgIpc) is 2.78. The molecule has 1 N–H and O–H groups in total. The van der Waals surface area contributed by atoms with Gasteiger partial charge >= 0.3 is 0 Å². The number of likely N-dealkylation sites (N-methyl/N-ethyl adjacent to an activating group) is 1. The minimum atomic E-state index is -3.16. The fraction of sp³-hybridized carbons (Fsp3) is 1.00. The molecule has 5 nitrogen and oxygen atoms in total. The van der Waals surface area contributed by atoms with E-state index in [2.05, 4.69) is 18.7 Å². The van der Waals surface area contributed by atoms with E-state index < -0.39 is 10.0 Å². The molecule has 0 aliphatic carbocycles. The predicted molar refractivity (Wildman–Crippen MR) is 68.4 cm³/mol. The first-order chi connectivity index (χ1) is 8.05. The van der Waals surface area contributed by atoms with Crippen LogP contribution in [0, 0.1) is 0 Å². The molecule has 1 unspecified atom stereocenters. The van der Waals surface area contributed by atoms with Crippen LogP contribution in [0.3, 0.4) is 0 Å². The summed E-state index contributed by atoms with van der Waals surface area (Å²) < 4.78 is 25.4. The molecule has 0 bridgehead atoms. The number of nitrogens with zero attached hydrogens (tertiary/aromatic N) is 2. The number of sulfonamides is 1. The van der Waals surface area contributed by atoms with Crippen molar-refractivity contribution in [1.29, 1.82) is 0 Å². The van der Waals surface area contributed by atoms with Crippen molar-refractivity contribution < 1.29 is 13.5 Å². The fourth-order valence-electron chi connectivity index (χ4n) is 2.38. The smallest absolute Gasteiger partial charge is 0.214 e. The van der Waals surface area contributed by atoms with Crippen LogP contribution in [0.5, 0.6) is 0 Å². The number of aliphatic hydroxyl groups is 1. The molecule has 0 saturated carbocycles. The highest BCUT2D eigenvalue weighted by Gasteiger charge is 2.32. The van der Waals surface area contributed by atoms with Crippen molar-refractivity contribution in [2.24, 2.45) is 0 Å². The zero-order valence-corrected chi connectivity index (χ0v) is 11.6. The van der Waals surface area contributed by atoms with Gasteiger partial charge in [0.25, 0.3) is 0 Å². The van der Waals surface area contributed by atoms with Crippen molar-refractivity contribution >= 4 is 10.0 Å². The van der Waals surface area contributed by atoms with Crippen molar-refractivity contribution in [1.82, 2.24) is 9.21 Å². The van der Waals surface area contributed by atoms with Gasteiger partial charge in [0.2, 0.25) is 10.0 Å². The van der Waals surface area contributed by atoms with Gasteiger partial charge < -0.3 is 5.11 Å². The Labute approximate surface area is 104 Å². The second kappa shape index (κ2) is 6.68. The van der Waals surface area contributed by atoms with E-state index in [1.54, 1.807) is 4.31 Å². The van der Waals surface area contributed by atoms with Crippen LogP contribution in [-0.4, -0.2) is 67.3 Å². The molecule has 0 radical (unpaired) electrons. The molecule has 0 spiro atoms. The highest BCUT2D eigenvalue weighted by atomic mass is 32.2. The third-order valence-electron chi connectivity index (χ3n) is 3.41. The standard InChI is InChI=1S/C11H24N2O3S/c1-3-12(4-2)11-6-7-13(10-11)17(15,16)9-5-8-14/h11,14H,3-10H2,1-2H3. The average molecular weight is 264 g/mol. The van der Waals surface area contributed by atoms with Gasteiger partial charge in [0, 0.05) is 25.7 Å². The van der Waals surface area contributed by atoms with E-state index in [1.807, 2.05) is 0 Å². The summed E-state index contributed by atoms with van der Waals surface area (Å²) in [5.74, 6) is 0.0640. The number of hydrogen-bond acceptors (Lipinski definition) is 4. The van der Waals surface area contributed by atoms with Gasteiger partial charge in [-0.2, -0.15) is 0 Å². The highest BCUT2D eigenvalue weighted by molar-refractivity contribution is 7.89. The summed E-state index contributed by atoms with van der Waals surface area (Å²) in [6, 6.07) is 0.355. The zero-order chi connectivity index (χ0) is 12.9. The van der Waals surface area contributed by atoms with Crippen molar-refractivity contribution in [2.45, 2.75) is 32.7 Å². The largest absolute Gasteiger partial charge is 0.396 e. The van der Waals surface area contributed by atoms with E-state index in [9.17, 15) is 8.42 Å². The first-order valence-electron chi connectivity index (χ1n) is 6.37. The molecular weight excluding hydrogens is 240 g/mol. The maximum absolute atomic E-state index is 11.9. The quantitative estimate of drug-likeness (QED) is 0.709. The van der Waals surface area contributed by atoms with Gasteiger partial charge in [0.05, 0.1) is 5.75 Å². The third-order valence-corrected chi connectivity index (χ3v) is 5.33. The van der Waals surface area contributed by atoms with Crippen LogP contribution in [0.1, 0.15) is 26.7 Å². The molecule has 17 heavy (non-hydrogen) atoms. The second-order valence-corrected chi connectivity index (χ2v) is 6.50. The molecule has 0 aromatic heterocycles. The van der Waals surface area contributed by atoms with Crippen LogP contribution < -0.4 is 0 Å². The topological polar surface area (TPSA) is 60.9 Å². The first kappa shape index (κ1) is 14.9. The molecule has 1 saturated heterocycles. The van der Waals surface area contributed by atoms with Crippen LogP contribution in [0.25, 0.3) is 0 Å². The van der Waals surface area contributed by atoms with Crippen molar-refractivity contribution in [3.8, 4) is 0 Å². The molecule has 1 heterocycles. The minimum Gasteiger partial charge on any atom is -0.396 e. The van der Waals surface area contributed by atoms with Crippen LogP contribution in [0.2, 0.25) is 0 Å². The van der Waals surface area contributed by atoms with E-state index in [4.69, 9.17) is 5.11 Å². The minimum absolute atomic E-state index is 0.0630. The number of hydrogen-bond donors (Lipinski definition) is 1. The Kier molecular flexibility index (Phi) is 5.85. The van der Waals surface area contributed by atoms with Gasteiger partial charge in [-0.05, 0) is 25.9 Å². The normalized spacial score (nSPS) is 22.5. The van der Waals surface area contributed by atoms with Gasteiger partial charge in [0.15, 0.2) is 0 Å². The molecule has 1 atom stereocenters. The van der Waals surface area contributed by atoms with Gasteiger partial charge in [-0.25, -0.2) is 12.7 Å². The molecular formula is C11H24N2O3S. The lowest BCUT2D eigenvalue weighted by molar-refractivity contribution is 0.224. The number of aliphatic hydroxyl groups excluding tert-OH is 1. The summed E-state index contributed by atoms with van der Waals surface area (Å²) in [6.45, 7) is 7.30. The third kappa shape index (κ3) is 3.91. The lowest BCUT2D eigenvalue weighted by Gasteiger charge is -2.26. The van der Waals surface area contributed by atoms with E-state index in [0.29, 0.717) is 25.6 Å². The summed E-state index contributed by atoms with van der Waals surface area (Å²) in [4.78, 5) is 2.31. The molecule has 0 aromatic rings. The Balaban J connectivity index is 2.54. The molecule has 1 fully saturated rings. The lowest BCUT2D eigenvalue weighted by atomic mass is 10.2. The summed E-state index contributed by atoms with van der Waals surface area (Å²) in [5.41, 5.74) is 0. The van der Waals surface area contributed by atoms with Crippen LogP contribution in [0.4, 0.5) is 0 Å². The summed E-state index contributed by atoms with van der Waals surface area (Å²) in [5, 5.41) is 8.70. The Morgan fingerprint density at radius 3 is 2.53 bits per heavy atom. The lowest BCUT2D eigenvalue weighted by Crippen LogP contribution is -2.39.